The van der Waals surface area contributed by atoms with Crippen LogP contribution >= 0.6 is 11.6 Å². The van der Waals surface area contributed by atoms with Crippen LogP contribution < -0.4 is 0 Å². The van der Waals surface area contributed by atoms with Crippen molar-refractivity contribution in [3.05, 3.63) is 0 Å². The molecule has 23 heavy (non-hydrogen) atoms. The monoisotopic (exact) mass is 344 g/mol. The van der Waals surface area contributed by atoms with Crippen molar-refractivity contribution in [3.8, 4) is 0 Å². The fraction of sp³-hybridized carbons (Fsp3) is 0.950. The number of halogens is 1. The number of hydrogen-bond donors (Lipinski definition) is 1. The maximum absolute atomic E-state index is 10.4. The van der Waals surface area contributed by atoms with Crippen molar-refractivity contribution in [1.82, 2.24) is 0 Å². The van der Waals surface area contributed by atoms with Gasteiger partial charge in [0.1, 0.15) is 0 Å². The van der Waals surface area contributed by atoms with Crippen LogP contribution in [0.5, 0.6) is 0 Å². The van der Waals surface area contributed by atoms with Crippen molar-refractivity contribution < 1.29 is 9.90 Å². The maximum Gasteiger partial charge on any atom is 0.303 e. The first-order valence-electron chi connectivity index (χ1n) is 10.0. The third kappa shape index (κ3) is 11.9. The minimum Gasteiger partial charge on any atom is -0.481 e. The van der Waals surface area contributed by atoms with E-state index >= 15 is 0 Å². The molecule has 1 aliphatic rings. The molecule has 0 aromatic heterocycles. The summed E-state index contributed by atoms with van der Waals surface area (Å²) < 4.78 is 0. The first kappa shape index (κ1) is 20.8. The van der Waals surface area contributed by atoms with E-state index in [0.717, 1.165) is 12.8 Å². The Balaban J connectivity index is 1.77. The number of alkyl halides is 1. The molecule has 1 fully saturated rings. The Morgan fingerprint density at radius 2 is 1.17 bits per heavy atom. The zero-order valence-electron chi connectivity index (χ0n) is 15.0. The summed E-state index contributed by atoms with van der Waals surface area (Å²) in [5.41, 5.74) is 0. The topological polar surface area (TPSA) is 37.3 Å². The second-order valence-electron chi connectivity index (χ2n) is 7.49. The molecule has 2 nitrogen and oxygen atoms in total. The Labute approximate surface area is 148 Å². The fourth-order valence-corrected chi connectivity index (χ4v) is 4.15. The highest BCUT2D eigenvalue weighted by Crippen LogP contribution is 2.38. The molecule has 0 spiro atoms. The Hall–Kier alpha value is -0.240. The summed E-state index contributed by atoms with van der Waals surface area (Å²) >= 11 is 6.69. The zero-order chi connectivity index (χ0) is 16.8. The minimum absolute atomic E-state index is 0.152. The summed E-state index contributed by atoms with van der Waals surface area (Å²) in [6.07, 6.45) is 21.9. The van der Waals surface area contributed by atoms with Crippen LogP contribution in [0.1, 0.15) is 116 Å². The van der Waals surface area contributed by atoms with Gasteiger partial charge < -0.3 is 5.11 Å². The molecule has 0 aliphatic heterocycles. The molecule has 0 radical (unpaired) electrons. The first-order chi connectivity index (χ1) is 11.1. The highest BCUT2D eigenvalue weighted by Gasteiger charge is 2.28. The van der Waals surface area contributed by atoms with E-state index in [1.54, 1.807) is 0 Å². The third-order valence-corrected chi connectivity index (χ3v) is 5.83. The number of aliphatic carboxylic acids is 1. The molecule has 1 N–H and O–H groups in total. The molecule has 0 aromatic rings. The summed E-state index contributed by atoms with van der Waals surface area (Å²) in [4.78, 5) is 10.5. The number of carboxylic acids is 1. The average Bonchev–Trinajstić information content (AvgIpc) is 2.52. The summed E-state index contributed by atoms with van der Waals surface area (Å²) in [6.45, 7) is 0. The lowest BCUT2D eigenvalue weighted by atomic mass is 9.84. The van der Waals surface area contributed by atoms with Gasteiger partial charge in [-0.1, -0.05) is 83.5 Å². The molecule has 0 unspecified atom stereocenters. The van der Waals surface area contributed by atoms with Gasteiger partial charge in [-0.2, -0.15) is 0 Å². The quantitative estimate of drug-likeness (QED) is 0.270. The molecule has 0 amide bonds. The molecular formula is C20H37ClO2. The Morgan fingerprint density at radius 1 is 0.739 bits per heavy atom. The number of unbranched alkanes of at least 4 members (excludes halogenated alkanes) is 10. The highest BCUT2D eigenvalue weighted by atomic mass is 35.5. The third-order valence-electron chi connectivity index (χ3n) is 5.27. The Morgan fingerprint density at radius 3 is 1.65 bits per heavy atom. The van der Waals surface area contributed by atoms with Crippen molar-refractivity contribution in [2.24, 2.45) is 0 Å². The SMILES string of the molecule is O=C(O)CCCCCCCCCCCCCC1(Cl)CCCCC1. The van der Waals surface area contributed by atoms with Crippen LogP contribution in [0.2, 0.25) is 0 Å². The van der Waals surface area contributed by atoms with Gasteiger partial charge in [0.15, 0.2) is 0 Å². The van der Waals surface area contributed by atoms with E-state index in [2.05, 4.69) is 0 Å². The van der Waals surface area contributed by atoms with Gasteiger partial charge in [-0.3, -0.25) is 4.79 Å². The standard InChI is InChI=1S/C20H37ClO2/c21-20(17-13-10-14-18-20)16-12-9-7-5-3-1-2-4-6-8-11-15-19(22)23/h1-18H2,(H,22,23). The molecule has 0 aromatic carbocycles. The van der Waals surface area contributed by atoms with Gasteiger partial charge in [0.2, 0.25) is 0 Å². The van der Waals surface area contributed by atoms with Gasteiger partial charge >= 0.3 is 5.97 Å². The van der Waals surface area contributed by atoms with Crippen LogP contribution in [0, 0.1) is 0 Å². The summed E-state index contributed by atoms with van der Waals surface area (Å²) in [5, 5.41) is 8.56. The summed E-state index contributed by atoms with van der Waals surface area (Å²) in [7, 11) is 0. The Bertz CT molecular complexity index is 298. The normalized spacial score (nSPS) is 17.3. The number of carbonyl (C=O) groups is 1. The van der Waals surface area contributed by atoms with Crippen LogP contribution in [0.15, 0.2) is 0 Å². The fourth-order valence-electron chi connectivity index (χ4n) is 3.74. The Kier molecular flexibility index (Phi) is 11.8. The molecular weight excluding hydrogens is 308 g/mol. The minimum atomic E-state index is -0.659. The van der Waals surface area contributed by atoms with Crippen molar-refractivity contribution in [2.45, 2.75) is 120 Å². The van der Waals surface area contributed by atoms with Crippen molar-refractivity contribution in [1.29, 1.82) is 0 Å². The van der Waals surface area contributed by atoms with E-state index in [4.69, 9.17) is 16.7 Å². The van der Waals surface area contributed by atoms with E-state index in [0.29, 0.717) is 6.42 Å². The second kappa shape index (κ2) is 13.1. The zero-order valence-corrected chi connectivity index (χ0v) is 15.7. The first-order valence-corrected chi connectivity index (χ1v) is 10.4. The molecule has 136 valence electrons. The lowest BCUT2D eigenvalue weighted by molar-refractivity contribution is -0.137. The molecule has 1 rings (SSSR count). The molecule has 0 bridgehead atoms. The maximum atomic E-state index is 10.4. The molecule has 1 saturated carbocycles. The second-order valence-corrected chi connectivity index (χ2v) is 8.30. The number of rotatable bonds is 14. The molecule has 0 atom stereocenters. The van der Waals surface area contributed by atoms with Gasteiger partial charge in [-0.25, -0.2) is 0 Å². The smallest absolute Gasteiger partial charge is 0.303 e. The molecule has 3 heteroatoms. The predicted octanol–water partition coefficient (Wildman–Crippen LogP) is 7.08. The molecule has 0 saturated heterocycles. The van der Waals surface area contributed by atoms with Gasteiger partial charge in [-0.05, 0) is 25.7 Å². The van der Waals surface area contributed by atoms with Crippen LogP contribution in [-0.4, -0.2) is 16.0 Å². The van der Waals surface area contributed by atoms with E-state index in [9.17, 15) is 4.79 Å². The lowest BCUT2D eigenvalue weighted by Crippen LogP contribution is -2.24. The highest BCUT2D eigenvalue weighted by molar-refractivity contribution is 6.23. The van der Waals surface area contributed by atoms with E-state index in [-0.39, 0.29) is 4.87 Å². The van der Waals surface area contributed by atoms with Crippen LogP contribution in [0.4, 0.5) is 0 Å². The van der Waals surface area contributed by atoms with Crippen LogP contribution in [-0.2, 0) is 4.79 Å². The average molecular weight is 345 g/mol. The van der Waals surface area contributed by atoms with Crippen molar-refractivity contribution in [3.63, 3.8) is 0 Å². The van der Waals surface area contributed by atoms with Crippen LogP contribution in [0.3, 0.4) is 0 Å². The summed E-state index contributed by atoms with van der Waals surface area (Å²) in [6, 6.07) is 0. The van der Waals surface area contributed by atoms with Crippen LogP contribution in [0.25, 0.3) is 0 Å². The van der Waals surface area contributed by atoms with Gasteiger partial charge in [0.25, 0.3) is 0 Å². The van der Waals surface area contributed by atoms with E-state index in [1.807, 2.05) is 0 Å². The van der Waals surface area contributed by atoms with Gasteiger partial charge in [0.05, 0.1) is 0 Å². The van der Waals surface area contributed by atoms with Gasteiger partial charge in [0, 0.05) is 11.3 Å². The molecule has 1 aliphatic carbocycles. The number of carboxylic acid groups (broad SMARTS) is 1. The number of hydrogen-bond acceptors (Lipinski definition) is 1. The van der Waals surface area contributed by atoms with Crippen molar-refractivity contribution in [2.75, 3.05) is 0 Å². The summed E-state index contributed by atoms with van der Waals surface area (Å²) in [5.74, 6) is -0.659. The van der Waals surface area contributed by atoms with Gasteiger partial charge in [-0.15, -0.1) is 11.6 Å². The predicted molar refractivity (Wildman–Crippen MR) is 99.3 cm³/mol. The lowest BCUT2D eigenvalue weighted by Gasteiger charge is -2.31. The van der Waals surface area contributed by atoms with E-state index < -0.39 is 5.97 Å². The largest absolute Gasteiger partial charge is 0.481 e. The van der Waals surface area contributed by atoms with Crippen molar-refractivity contribution >= 4 is 17.6 Å². The van der Waals surface area contributed by atoms with E-state index in [1.165, 1.54) is 96.3 Å². The molecule has 0 heterocycles.